The van der Waals surface area contributed by atoms with Gasteiger partial charge in [-0.1, -0.05) is 13.0 Å². The highest BCUT2D eigenvalue weighted by molar-refractivity contribution is 6.04. The van der Waals surface area contributed by atoms with E-state index in [1.165, 1.54) is 6.42 Å². The Morgan fingerprint density at radius 2 is 2.35 bits per heavy atom. The number of nitrogens with zero attached hydrogens (tertiary/aromatic N) is 2. The third-order valence-corrected chi connectivity index (χ3v) is 4.46. The lowest BCUT2D eigenvalue weighted by Crippen LogP contribution is -2.39. The average Bonchev–Trinajstić information content (AvgIpc) is 3.01. The maximum atomic E-state index is 11.5. The molecule has 0 bridgehead atoms. The fraction of sp³-hybridized carbons (Fsp3) is 0.467. The van der Waals surface area contributed by atoms with Gasteiger partial charge in [0.05, 0.1) is 16.6 Å². The van der Waals surface area contributed by atoms with Crippen molar-refractivity contribution in [3.63, 3.8) is 0 Å². The molecular weight excluding hydrogens is 252 g/mol. The van der Waals surface area contributed by atoms with Crippen LogP contribution in [0.3, 0.4) is 0 Å². The number of nitrogens with one attached hydrogen (secondary N) is 1. The lowest BCUT2D eigenvalue weighted by Gasteiger charge is -2.32. The number of para-hydroxylation sites is 1. The number of aromatic nitrogens is 2. The number of nitrogens with two attached hydrogens (primary N) is 1. The SMILES string of the molecule is CCN1CCCC1(C)c1nc2c(C(N)=O)cccc2[nH]1. The quantitative estimate of drug-likeness (QED) is 0.897. The number of aromatic amines is 1. The zero-order valence-electron chi connectivity index (χ0n) is 11.9. The van der Waals surface area contributed by atoms with Crippen molar-refractivity contribution in [2.24, 2.45) is 5.73 Å². The molecule has 1 amide bonds. The van der Waals surface area contributed by atoms with E-state index in [9.17, 15) is 4.79 Å². The predicted octanol–water partition coefficient (Wildman–Crippen LogP) is 1.99. The first-order valence-electron chi connectivity index (χ1n) is 7.10. The van der Waals surface area contributed by atoms with Crippen LogP contribution in [0, 0.1) is 0 Å². The molecule has 0 saturated carbocycles. The van der Waals surface area contributed by atoms with E-state index in [1.54, 1.807) is 6.07 Å². The molecule has 106 valence electrons. The Hall–Kier alpha value is -1.88. The van der Waals surface area contributed by atoms with Gasteiger partial charge in [0.1, 0.15) is 11.3 Å². The number of hydrogen-bond acceptors (Lipinski definition) is 3. The zero-order valence-corrected chi connectivity index (χ0v) is 11.9. The van der Waals surface area contributed by atoms with E-state index in [-0.39, 0.29) is 5.54 Å². The van der Waals surface area contributed by atoms with Crippen LogP contribution in [0.25, 0.3) is 11.0 Å². The van der Waals surface area contributed by atoms with Crippen LogP contribution in [0.15, 0.2) is 18.2 Å². The number of carbonyl (C=O) groups excluding carboxylic acids is 1. The van der Waals surface area contributed by atoms with Crippen LogP contribution < -0.4 is 5.73 Å². The number of fused-ring (bicyclic) bond motifs is 1. The van der Waals surface area contributed by atoms with Gasteiger partial charge in [-0.25, -0.2) is 4.98 Å². The smallest absolute Gasteiger partial charge is 0.250 e. The van der Waals surface area contributed by atoms with E-state index < -0.39 is 5.91 Å². The molecule has 0 spiro atoms. The van der Waals surface area contributed by atoms with Crippen LogP contribution >= 0.6 is 0 Å². The largest absolute Gasteiger partial charge is 0.366 e. The molecule has 1 unspecified atom stereocenters. The normalized spacial score (nSPS) is 23.5. The molecule has 1 aromatic carbocycles. The molecule has 3 N–H and O–H groups in total. The van der Waals surface area contributed by atoms with Crippen LogP contribution in [-0.2, 0) is 5.54 Å². The Morgan fingerprint density at radius 1 is 1.55 bits per heavy atom. The van der Waals surface area contributed by atoms with Crippen LogP contribution in [-0.4, -0.2) is 33.9 Å². The summed E-state index contributed by atoms with van der Waals surface area (Å²) in [6.07, 6.45) is 2.25. The fourth-order valence-corrected chi connectivity index (χ4v) is 3.28. The molecule has 2 heterocycles. The summed E-state index contributed by atoms with van der Waals surface area (Å²) in [6, 6.07) is 5.50. The lowest BCUT2D eigenvalue weighted by atomic mass is 9.98. The third-order valence-electron chi connectivity index (χ3n) is 4.46. The number of likely N-dealkylation sites (tertiary alicyclic amines) is 1. The van der Waals surface area contributed by atoms with Crippen molar-refractivity contribution in [2.75, 3.05) is 13.1 Å². The van der Waals surface area contributed by atoms with Gasteiger partial charge in [0.2, 0.25) is 0 Å². The fourth-order valence-electron chi connectivity index (χ4n) is 3.28. The van der Waals surface area contributed by atoms with Gasteiger partial charge in [-0.3, -0.25) is 9.69 Å². The van der Waals surface area contributed by atoms with Crippen molar-refractivity contribution < 1.29 is 4.79 Å². The number of carbonyl (C=O) groups is 1. The Morgan fingerprint density at radius 3 is 3.05 bits per heavy atom. The summed E-state index contributed by atoms with van der Waals surface area (Å²) >= 11 is 0. The minimum Gasteiger partial charge on any atom is -0.366 e. The van der Waals surface area contributed by atoms with Gasteiger partial charge in [0.25, 0.3) is 5.91 Å². The molecule has 1 atom stereocenters. The highest BCUT2D eigenvalue weighted by Gasteiger charge is 2.39. The number of H-pyrrole nitrogens is 1. The van der Waals surface area contributed by atoms with Gasteiger partial charge in [-0.05, 0) is 45.0 Å². The van der Waals surface area contributed by atoms with Crippen LogP contribution in [0.5, 0.6) is 0 Å². The molecule has 1 aliphatic heterocycles. The monoisotopic (exact) mass is 272 g/mol. The van der Waals surface area contributed by atoms with Crippen molar-refractivity contribution in [1.29, 1.82) is 0 Å². The van der Waals surface area contributed by atoms with E-state index in [0.717, 1.165) is 30.9 Å². The van der Waals surface area contributed by atoms with Crippen molar-refractivity contribution in [2.45, 2.75) is 32.2 Å². The summed E-state index contributed by atoms with van der Waals surface area (Å²) in [6.45, 7) is 6.47. The van der Waals surface area contributed by atoms with Crippen molar-refractivity contribution >= 4 is 16.9 Å². The number of benzene rings is 1. The third kappa shape index (κ3) is 1.81. The Kier molecular flexibility index (Phi) is 3.01. The minimum atomic E-state index is -0.433. The highest BCUT2D eigenvalue weighted by Crippen LogP contribution is 2.37. The first kappa shape index (κ1) is 13.1. The van der Waals surface area contributed by atoms with Gasteiger partial charge in [0.15, 0.2) is 0 Å². The molecule has 1 aliphatic rings. The minimum absolute atomic E-state index is 0.0807. The molecule has 5 nitrogen and oxygen atoms in total. The van der Waals surface area contributed by atoms with Gasteiger partial charge >= 0.3 is 0 Å². The number of imidazole rings is 1. The standard InChI is InChI=1S/C15H20N4O/c1-3-19-9-5-8-15(19,2)14-17-11-7-4-6-10(13(16)20)12(11)18-14/h4,6-7H,3,5,8-9H2,1-2H3,(H2,16,20)(H,17,18). The Bertz CT molecular complexity index is 663. The van der Waals surface area contributed by atoms with E-state index >= 15 is 0 Å². The second-order valence-corrected chi connectivity index (χ2v) is 5.61. The van der Waals surface area contributed by atoms with Crippen LogP contribution in [0.4, 0.5) is 0 Å². The molecule has 1 aromatic heterocycles. The molecule has 0 radical (unpaired) electrons. The van der Waals surface area contributed by atoms with Crippen LogP contribution in [0.2, 0.25) is 0 Å². The van der Waals surface area contributed by atoms with E-state index in [1.807, 2.05) is 12.1 Å². The van der Waals surface area contributed by atoms with Crippen molar-refractivity contribution in [1.82, 2.24) is 14.9 Å². The van der Waals surface area contributed by atoms with Crippen molar-refractivity contribution in [3.8, 4) is 0 Å². The molecule has 0 aliphatic carbocycles. The van der Waals surface area contributed by atoms with E-state index in [4.69, 9.17) is 5.73 Å². The van der Waals surface area contributed by atoms with Gasteiger partial charge in [0, 0.05) is 0 Å². The number of hydrogen-bond donors (Lipinski definition) is 2. The molecule has 3 rings (SSSR count). The highest BCUT2D eigenvalue weighted by atomic mass is 16.1. The summed E-state index contributed by atoms with van der Waals surface area (Å²) in [5, 5.41) is 0. The Balaban J connectivity index is 2.14. The molecule has 1 saturated heterocycles. The molecule has 5 heteroatoms. The maximum absolute atomic E-state index is 11.5. The lowest BCUT2D eigenvalue weighted by molar-refractivity contribution is 0.100. The van der Waals surface area contributed by atoms with Crippen LogP contribution in [0.1, 0.15) is 42.9 Å². The number of rotatable bonds is 3. The molecule has 1 fully saturated rings. The predicted molar refractivity (Wildman–Crippen MR) is 78.4 cm³/mol. The second-order valence-electron chi connectivity index (χ2n) is 5.61. The van der Waals surface area contributed by atoms with Gasteiger partial charge < -0.3 is 10.7 Å². The number of amides is 1. The summed E-state index contributed by atoms with van der Waals surface area (Å²) in [7, 11) is 0. The summed E-state index contributed by atoms with van der Waals surface area (Å²) < 4.78 is 0. The molecular formula is C15H20N4O. The first-order valence-corrected chi connectivity index (χ1v) is 7.10. The Labute approximate surface area is 118 Å². The second kappa shape index (κ2) is 4.59. The maximum Gasteiger partial charge on any atom is 0.250 e. The summed E-state index contributed by atoms with van der Waals surface area (Å²) in [5.41, 5.74) is 7.38. The molecule has 20 heavy (non-hydrogen) atoms. The first-order chi connectivity index (χ1) is 9.56. The summed E-state index contributed by atoms with van der Waals surface area (Å²) in [5.74, 6) is 0.498. The molecule has 2 aromatic rings. The van der Waals surface area contributed by atoms with E-state index in [0.29, 0.717) is 11.1 Å². The average molecular weight is 272 g/mol. The van der Waals surface area contributed by atoms with Gasteiger partial charge in [-0.2, -0.15) is 0 Å². The zero-order chi connectivity index (χ0) is 14.3. The summed E-state index contributed by atoms with van der Waals surface area (Å²) in [4.78, 5) is 22.0. The van der Waals surface area contributed by atoms with Gasteiger partial charge in [-0.15, -0.1) is 0 Å². The van der Waals surface area contributed by atoms with Crippen molar-refractivity contribution in [3.05, 3.63) is 29.6 Å². The topological polar surface area (TPSA) is 75.0 Å². The number of primary amides is 1. The van der Waals surface area contributed by atoms with E-state index in [2.05, 4.69) is 28.7 Å².